The van der Waals surface area contributed by atoms with E-state index in [9.17, 15) is 19.5 Å². The summed E-state index contributed by atoms with van der Waals surface area (Å²) in [6.45, 7) is 0. The Morgan fingerprint density at radius 1 is 1.35 bits per heavy atom. The second kappa shape index (κ2) is 6.27. The Morgan fingerprint density at radius 2 is 2.04 bits per heavy atom. The lowest BCUT2D eigenvalue weighted by molar-refractivity contribution is -0.148. The van der Waals surface area contributed by atoms with Crippen molar-refractivity contribution in [3.63, 3.8) is 0 Å². The number of anilines is 1. The summed E-state index contributed by atoms with van der Waals surface area (Å²) >= 11 is 1.20. The average molecular weight is 338 g/mol. The lowest BCUT2D eigenvalue weighted by atomic mass is 9.79. The normalized spacial score (nSPS) is 28.6. The molecule has 0 spiro atoms. The van der Waals surface area contributed by atoms with Crippen LogP contribution in [0.15, 0.2) is 6.20 Å². The van der Waals surface area contributed by atoms with Crippen LogP contribution < -0.4 is 5.32 Å². The monoisotopic (exact) mass is 338 g/mol. The van der Waals surface area contributed by atoms with Crippen LogP contribution >= 0.6 is 11.3 Å². The molecule has 23 heavy (non-hydrogen) atoms. The molecular formula is C15H18N2O5S. The molecule has 1 amide bonds. The predicted molar refractivity (Wildman–Crippen MR) is 81.9 cm³/mol. The maximum Gasteiger partial charge on any atom is 0.310 e. The van der Waals surface area contributed by atoms with E-state index in [4.69, 9.17) is 0 Å². The van der Waals surface area contributed by atoms with E-state index in [1.807, 2.05) is 0 Å². The smallest absolute Gasteiger partial charge is 0.310 e. The fourth-order valence-electron chi connectivity index (χ4n) is 3.87. The molecule has 2 fully saturated rings. The van der Waals surface area contributed by atoms with Gasteiger partial charge in [-0.25, -0.2) is 4.98 Å². The highest BCUT2D eigenvalue weighted by Crippen LogP contribution is 2.52. The third kappa shape index (κ3) is 3.08. The Morgan fingerprint density at radius 3 is 2.70 bits per heavy atom. The molecule has 4 atom stereocenters. The second-order valence-electron chi connectivity index (χ2n) is 6.10. The highest BCUT2D eigenvalue weighted by atomic mass is 32.1. The molecule has 2 saturated carbocycles. The van der Waals surface area contributed by atoms with Crippen molar-refractivity contribution in [2.24, 2.45) is 23.7 Å². The first kappa shape index (κ1) is 15.9. The molecule has 1 aromatic heterocycles. The highest BCUT2D eigenvalue weighted by Gasteiger charge is 2.54. The van der Waals surface area contributed by atoms with Crippen LogP contribution in [0.5, 0.6) is 0 Å². The van der Waals surface area contributed by atoms with E-state index in [0.717, 1.165) is 19.3 Å². The molecule has 0 aliphatic heterocycles. The summed E-state index contributed by atoms with van der Waals surface area (Å²) in [6, 6.07) is 0. The minimum absolute atomic E-state index is 0.107. The molecular weight excluding hydrogens is 320 g/mol. The number of nitrogens with zero attached hydrogens (tertiary/aromatic N) is 1. The summed E-state index contributed by atoms with van der Waals surface area (Å²) < 4.78 is 4.59. The Hall–Kier alpha value is -1.96. The maximum absolute atomic E-state index is 12.5. The van der Waals surface area contributed by atoms with Crippen LogP contribution in [-0.2, 0) is 25.5 Å². The largest absolute Gasteiger partial charge is 0.481 e. The summed E-state index contributed by atoms with van der Waals surface area (Å²) in [4.78, 5) is 40.0. The lowest BCUT2D eigenvalue weighted by Crippen LogP contribution is -2.37. The van der Waals surface area contributed by atoms with Crippen LogP contribution in [0.1, 0.15) is 24.1 Å². The maximum atomic E-state index is 12.5. The molecule has 1 aromatic rings. The van der Waals surface area contributed by atoms with E-state index in [2.05, 4.69) is 15.0 Å². The number of hydrogen-bond donors (Lipinski definition) is 2. The minimum atomic E-state index is -0.886. The number of nitrogens with one attached hydrogen (secondary N) is 1. The van der Waals surface area contributed by atoms with Crippen LogP contribution in [0.25, 0.3) is 0 Å². The van der Waals surface area contributed by atoms with Crippen LogP contribution in [-0.4, -0.2) is 35.0 Å². The van der Waals surface area contributed by atoms with Gasteiger partial charge in [-0.05, 0) is 31.1 Å². The molecule has 2 bridgehead atoms. The van der Waals surface area contributed by atoms with Crippen molar-refractivity contribution in [3.05, 3.63) is 11.1 Å². The van der Waals surface area contributed by atoms with Gasteiger partial charge in [0.1, 0.15) is 0 Å². The first-order chi connectivity index (χ1) is 11.0. The van der Waals surface area contributed by atoms with Crippen molar-refractivity contribution < 1.29 is 24.2 Å². The Bertz CT molecular complexity index is 644. The predicted octanol–water partition coefficient (Wildman–Crippen LogP) is 1.54. The van der Waals surface area contributed by atoms with Crippen LogP contribution in [0.2, 0.25) is 0 Å². The van der Waals surface area contributed by atoms with Gasteiger partial charge < -0.3 is 15.2 Å². The molecule has 8 heteroatoms. The molecule has 124 valence electrons. The quantitative estimate of drug-likeness (QED) is 0.789. The number of fused-ring (bicyclic) bond motifs is 2. The molecule has 0 radical (unpaired) electrons. The van der Waals surface area contributed by atoms with E-state index in [1.54, 1.807) is 0 Å². The number of aliphatic carboxylic acids is 1. The van der Waals surface area contributed by atoms with Crippen LogP contribution in [0.3, 0.4) is 0 Å². The van der Waals surface area contributed by atoms with E-state index in [0.29, 0.717) is 10.0 Å². The van der Waals surface area contributed by atoms with Gasteiger partial charge in [0, 0.05) is 11.1 Å². The number of methoxy groups -OCH3 is 1. The fraction of sp³-hybridized carbons (Fsp3) is 0.600. The van der Waals surface area contributed by atoms with Gasteiger partial charge in [0.15, 0.2) is 5.13 Å². The third-order valence-corrected chi connectivity index (χ3v) is 5.75. The first-order valence-corrected chi connectivity index (χ1v) is 8.36. The first-order valence-electron chi connectivity index (χ1n) is 7.54. The zero-order valence-electron chi connectivity index (χ0n) is 12.7. The zero-order valence-corrected chi connectivity index (χ0v) is 13.5. The summed E-state index contributed by atoms with van der Waals surface area (Å²) in [5.41, 5.74) is 0. The van der Waals surface area contributed by atoms with E-state index >= 15 is 0 Å². The average Bonchev–Trinajstić information content (AvgIpc) is 3.22. The standard InChI is InChI=1S/C15H18N2O5S/c1-22-10(18)5-9-6-16-15(23-9)17-13(19)11-7-2-3-8(4-7)12(11)14(20)21/h6-8,11-12H,2-5H2,1H3,(H,20,21)(H,16,17,19)/t7-,8+,11-,12+/m1/s1. The Labute approximate surface area is 137 Å². The topological polar surface area (TPSA) is 106 Å². The van der Waals surface area contributed by atoms with Gasteiger partial charge >= 0.3 is 11.9 Å². The van der Waals surface area contributed by atoms with Gasteiger partial charge in [-0.15, -0.1) is 11.3 Å². The van der Waals surface area contributed by atoms with Crippen LogP contribution in [0.4, 0.5) is 5.13 Å². The molecule has 0 aromatic carbocycles. The summed E-state index contributed by atoms with van der Waals surface area (Å²) in [5, 5.41) is 12.5. The Balaban J connectivity index is 1.67. The van der Waals surface area contributed by atoms with Crippen molar-refractivity contribution in [3.8, 4) is 0 Å². The number of hydrogen-bond acceptors (Lipinski definition) is 6. The molecule has 1 heterocycles. The fourth-order valence-corrected chi connectivity index (χ4v) is 4.67. The molecule has 2 aliphatic carbocycles. The van der Waals surface area contributed by atoms with Gasteiger partial charge in [-0.1, -0.05) is 0 Å². The number of aromatic nitrogens is 1. The van der Waals surface area contributed by atoms with Gasteiger partial charge in [0.25, 0.3) is 0 Å². The number of rotatable bonds is 5. The van der Waals surface area contributed by atoms with Crippen molar-refractivity contribution >= 4 is 34.3 Å². The van der Waals surface area contributed by atoms with Gasteiger partial charge in [0.05, 0.1) is 25.4 Å². The minimum Gasteiger partial charge on any atom is -0.481 e. The molecule has 2 N–H and O–H groups in total. The number of thiazole rings is 1. The van der Waals surface area contributed by atoms with Crippen LogP contribution in [0, 0.1) is 23.7 Å². The van der Waals surface area contributed by atoms with E-state index in [-0.39, 0.29) is 30.1 Å². The summed E-state index contributed by atoms with van der Waals surface area (Å²) in [6.07, 6.45) is 4.26. The number of carbonyl (C=O) groups excluding carboxylic acids is 2. The molecule has 2 aliphatic rings. The number of carbonyl (C=O) groups is 3. The van der Waals surface area contributed by atoms with Gasteiger partial charge in [-0.2, -0.15) is 0 Å². The van der Waals surface area contributed by atoms with Crippen molar-refractivity contribution in [1.82, 2.24) is 4.98 Å². The highest BCUT2D eigenvalue weighted by molar-refractivity contribution is 7.15. The van der Waals surface area contributed by atoms with E-state index < -0.39 is 17.8 Å². The molecule has 7 nitrogen and oxygen atoms in total. The lowest BCUT2D eigenvalue weighted by Gasteiger charge is -2.26. The molecule has 0 unspecified atom stereocenters. The van der Waals surface area contributed by atoms with Crippen molar-refractivity contribution in [2.45, 2.75) is 25.7 Å². The zero-order chi connectivity index (χ0) is 16.6. The SMILES string of the molecule is COC(=O)Cc1cnc(NC(=O)[C@@H]2[C@@H]3CC[C@@H](C3)[C@@H]2C(=O)O)s1. The van der Waals surface area contributed by atoms with Gasteiger partial charge in [0.2, 0.25) is 5.91 Å². The number of esters is 1. The number of carboxylic acids is 1. The number of ether oxygens (including phenoxy) is 1. The third-order valence-electron chi connectivity index (χ3n) is 4.83. The van der Waals surface area contributed by atoms with Crippen molar-refractivity contribution in [1.29, 1.82) is 0 Å². The molecule has 3 rings (SSSR count). The van der Waals surface area contributed by atoms with Gasteiger partial charge in [-0.3, -0.25) is 14.4 Å². The summed E-state index contributed by atoms with van der Waals surface area (Å²) in [7, 11) is 1.31. The Kier molecular flexibility index (Phi) is 4.34. The molecule has 0 saturated heterocycles. The van der Waals surface area contributed by atoms with E-state index in [1.165, 1.54) is 24.6 Å². The number of carboxylic acid groups (broad SMARTS) is 1. The second-order valence-corrected chi connectivity index (χ2v) is 7.21. The van der Waals surface area contributed by atoms with Crippen molar-refractivity contribution in [2.75, 3.05) is 12.4 Å². The number of amides is 1. The summed E-state index contributed by atoms with van der Waals surface area (Å²) in [5.74, 6) is -2.35.